The van der Waals surface area contributed by atoms with E-state index in [4.69, 9.17) is 0 Å². The van der Waals surface area contributed by atoms with E-state index in [1.165, 1.54) is 0 Å². The van der Waals surface area contributed by atoms with Gasteiger partial charge in [-0.3, -0.25) is 0 Å². The number of hydrogen-bond acceptors (Lipinski definition) is 2. The van der Waals surface area contributed by atoms with E-state index >= 15 is 0 Å². The summed E-state index contributed by atoms with van der Waals surface area (Å²) in [5.41, 5.74) is 0.209. The maximum Gasteiger partial charge on any atom is 0.135 e. The highest BCUT2D eigenvalue weighted by molar-refractivity contribution is 9.10. The second kappa shape index (κ2) is 4.54. The molecule has 1 aliphatic rings. The van der Waals surface area contributed by atoms with E-state index in [1.807, 2.05) is 24.3 Å². The molecule has 81 valence electrons. The van der Waals surface area contributed by atoms with Crippen LogP contribution in [-0.2, 0) is 0 Å². The molecule has 1 aromatic carbocycles. The zero-order valence-electron chi connectivity index (χ0n) is 8.54. The molecular formula is C12H15BrNO. The molecule has 0 bridgehead atoms. The molecule has 3 heteroatoms. The minimum absolute atomic E-state index is 0.722. The second-order valence-electron chi connectivity index (χ2n) is 4.05. The molecule has 0 aliphatic heterocycles. The Labute approximate surface area is 98.8 Å². The number of halogens is 1. The van der Waals surface area contributed by atoms with Gasteiger partial charge >= 0.3 is 0 Å². The highest BCUT2D eigenvalue weighted by Gasteiger charge is 2.28. The van der Waals surface area contributed by atoms with Crippen molar-refractivity contribution in [3.05, 3.63) is 35.2 Å². The van der Waals surface area contributed by atoms with Gasteiger partial charge in [0.1, 0.15) is 5.72 Å². The molecule has 1 aliphatic carbocycles. The van der Waals surface area contributed by atoms with E-state index in [0.717, 1.165) is 35.8 Å². The van der Waals surface area contributed by atoms with Crippen LogP contribution in [0.2, 0.25) is 0 Å². The van der Waals surface area contributed by atoms with Crippen molar-refractivity contribution in [3.63, 3.8) is 0 Å². The maximum atomic E-state index is 10.3. The first-order chi connectivity index (χ1) is 7.18. The van der Waals surface area contributed by atoms with E-state index in [9.17, 15) is 5.11 Å². The van der Waals surface area contributed by atoms with Crippen LogP contribution < -0.4 is 5.32 Å². The molecule has 2 nitrogen and oxygen atoms in total. The van der Waals surface area contributed by atoms with Crippen molar-refractivity contribution in [1.82, 2.24) is 0 Å². The molecule has 0 heterocycles. The van der Waals surface area contributed by atoms with Gasteiger partial charge in [0.05, 0.1) is 0 Å². The van der Waals surface area contributed by atoms with Crippen LogP contribution in [0.5, 0.6) is 0 Å². The quantitative estimate of drug-likeness (QED) is 0.807. The van der Waals surface area contributed by atoms with Crippen molar-refractivity contribution >= 4 is 21.6 Å². The summed E-state index contributed by atoms with van der Waals surface area (Å²) in [5.74, 6) is 0. The largest absolute Gasteiger partial charge is 0.371 e. The number of anilines is 1. The van der Waals surface area contributed by atoms with Gasteiger partial charge in [0.25, 0.3) is 0 Å². The molecule has 1 radical (unpaired) electrons. The highest BCUT2D eigenvalue weighted by Crippen LogP contribution is 2.29. The van der Waals surface area contributed by atoms with Crippen molar-refractivity contribution < 1.29 is 5.11 Å². The fourth-order valence-electron chi connectivity index (χ4n) is 1.93. The van der Waals surface area contributed by atoms with E-state index in [-0.39, 0.29) is 0 Å². The molecule has 0 spiro atoms. The van der Waals surface area contributed by atoms with Crippen molar-refractivity contribution in [1.29, 1.82) is 0 Å². The number of benzene rings is 1. The van der Waals surface area contributed by atoms with Gasteiger partial charge in [-0.1, -0.05) is 22.0 Å². The van der Waals surface area contributed by atoms with E-state index < -0.39 is 5.72 Å². The van der Waals surface area contributed by atoms with Crippen LogP contribution in [0.3, 0.4) is 0 Å². The summed E-state index contributed by atoms with van der Waals surface area (Å²) in [4.78, 5) is 0. The van der Waals surface area contributed by atoms with Crippen molar-refractivity contribution in [2.45, 2.75) is 31.4 Å². The summed E-state index contributed by atoms with van der Waals surface area (Å²) in [6.45, 7) is 0. The number of nitrogens with one attached hydrogen (secondary N) is 1. The normalized spacial score (nSPS) is 19.9. The predicted molar refractivity (Wildman–Crippen MR) is 65.5 cm³/mol. The topological polar surface area (TPSA) is 32.3 Å². The fourth-order valence-corrected chi connectivity index (χ4v) is 2.33. The molecule has 0 saturated heterocycles. The van der Waals surface area contributed by atoms with Crippen LogP contribution in [0, 0.1) is 6.42 Å². The fraction of sp³-hybridized carbons (Fsp3) is 0.417. The molecule has 1 aromatic rings. The summed E-state index contributed by atoms with van der Waals surface area (Å²) < 4.78 is 1.02. The van der Waals surface area contributed by atoms with Gasteiger partial charge in [-0.25, -0.2) is 0 Å². The Morgan fingerprint density at radius 2 is 2.27 bits per heavy atom. The summed E-state index contributed by atoms with van der Waals surface area (Å²) in [5, 5.41) is 13.5. The lowest BCUT2D eigenvalue weighted by molar-refractivity contribution is 0.0466. The van der Waals surface area contributed by atoms with Crippen LogP contribution in [0.4, 0.5) is 5.69 Å². The van der Waals surface area contributed by atoms with E-state index in [2.05, 4.69) is 27.7 Å². The second-order valence-corrected chi connectivity index (χ2v) is 4.97. The van der Waals surface area contributed by atoms with Crippen LogP contribution in [0.15, 0.2) is 28.7 Å². The minimum Gasteiger partial charge on any atom is -0.371 e. The third kappa shape index (κ3) is 2.95. The predicted octanol–water partition coefficient (Wildman–Crippen LogP) is 3.33. The molecule has 2 rings (SSSR count). The number of hydrogen-bond donors (Lipinski definition) is 2. The maximum absolute atomic E-state index is 10.3. The Morgan fingerprint density at radius 1 is 1.40 bits per heavy atom. The summed E-state index contributed by atoms with van der Waals surface area (Å²) >= 11 is 3.42. The molecule has 1 fully saturated rings. The van der Waals surface area contributed by atoms with Crippen molar-refractivity contribution in [2.75, 3.05) is 5.32 Å². The molecule has 1 saturated carbocycles. The van der Waals surface area contributed by atoms with Crippen LogP contribution >= 0.6 is 15.9 Å². The van der Waals surface area contributed by atoms with Gasteiger partial charge in [-0.2, -0.15) is 0 Å². The molecular weight excluding hydrogens is 254 g/mol. The van der Waals surface area contributed by atoms with Crippen LogP contribution in [-0.4, -0.2) is 10.8 Å². The number of aliphatic hydroxyl groups is 1. The van der Waals surface area contributed by atoms with Gasteiger partial charge in [0, 0.05) is 10.2 Å². The Hall–Kier alpha value is -0.540. The van der Waals surface area contributed by atoms with Crippen molar-refractivity contribution in [2.24, 2.45) is 0 Å². The van der Waals surface area contributed by atoms with Gasteiger partial charge in [-0.05, 0) is 50.3 Å². The Kier molecular flexibility index (Phi) is 3.32. The van der Waals surface area contributed by atoms with Gasteiger partial charge in [0.15, 0.2) is 0 Å². The lowest BCUT2D eigenvalue weighted by Gasteiger charge is -2.33. The van der Waals surface area contributed by atoms with Gasteiger partial charge < -0.3 is 10.4 Å². The first-order valence-corrected chi connectivity index (χ1v) is 6.05. The average molecular weight is 269 g/mol. The van der Waals surface area contributed by atoms with Crippen LogP contribution in [0.1, 0.15) is 25.7 Å². The molecule has 15 heavy (non-hydrogen) atoms. The first-order valence-electron chi connectivity index (χ1n) is 5.26. The molecule has 0 aromatic heterocycles. The first kappa shape index (κ1) is 11.0. The molecule has 1 atom stereocenters. The zero-order chi connectivity index (χ0) is 10.7. The standard InChI is InChI=1S/C12H15BrNO/c13-10-5-4-6-11(9-10)14-12(15)7-2-1-3-8-12/h2,4-6,9,14-15H,1,3,7-8H2. The smallest absolute Gasteiger partial charge is 0.135 e. The minimum atomic E-state index is -0.751. The van der Waals surface area contributed by atoms with Crippen LogP contribution in [0.25, 0.3) is 0 Å². The third-order valence-electron chi connectivity index (χ3n) is 2.68. The third-order valence-corrected chi connectivity index (χ3v) is 3.18. The van der Waals surface area contributed by atoms with Gasteiger partial charge in [-0.15, -0.1) is 0 Å². The Bertz CT molecular complexity index is 334. The lowest BCUT2D eigenvalue weighted by atomic mass is 9.91. The Morgan fingerprint density at radius 3 is 2.93 bits per heavy atom. The summed E-state index contributed by atoms with van der Waals surface area (Å²) in [7, 11) is 0. The summed E-state index contributed by atoms with van der Waals surface area (Å²) in [6.07, 6.45) is 5.85. The highest BCUT2D eigenvalue weighted by atomic mass is 79.9. The molecule has 0 amide bonds. The molecule has 1 unspecified atom stereocenters. The summed E-state index contributed by atoms with van der Waals surface area (Å²) in [6, 6.07) is 7.88. The van der Waals surface area contributed by atoms with E-state index in [1.54, 1.807) is 0 Å². The van der Waals surface area contributed by atoms with Crippen molar-refractivity contribution in [3.8, 4) is 0 Å². The lowest BCUT2D eigenvalue weighted by Crippen LogP contribution is -2.40. The SMILES string of the molecule is OC1(Nc2cccc(Br)c2)C[CH]CCC1. The number of rotatable bonds is 2. The average Bonchev–Trinajstić information content (AvgIpc) is 2.18. The zero-order valence-corrected chi connectivity index (χ0v) is 10.1. The molecule has 2 N–H and O–H groups in total. The van der Waals surface area contributed by atoms with Gasteiger partial charge in [0.2, 0.25) is 0 Å². The monoisotopic (exact) mass is 268 g/mol. The Balaban J connectivity index is 2.06. The van der Waals surface area contributed by atoms with E-state index in [0.29, 0.717) is 0 Å².